The minimum Gasteiger partial charge on any atom is -0.478 e. The molecule has 0 unspecified atom stereocenters. The van der Waals surface area contributed by atoms with E-state index in [1.165, 1.54) is 29.3 Å². The molecule has 1 aliphatic carbocycles. The molecule has 0 aromatic heterocycles. The van der Waals surface area contributed by atoms with Crippen LogP contribution < -0.4 is 4.74 Å². The van der Waals surface area contributed by atoms with Crippen LogP contribution in [0.4, 0.5) is 0 Å². The molecule has 0 amide bonds. The minimum absolute atomic E-state index is 0.0387. The summed E-state index contributed by atoms with van der Waals surface area (Å²) in [5.74, 6) is -1.69. The summed E-state index contributed by atoms with van der Waals surface area (Å²) in [5.41, 5.74) is 4.95. The van der Waals surface area contributed by atoms with Crippen molar-refractivity contribution in [2.45, 2.75) is 58.3 Å². The van der Waals surface area contributed by atoms with Crippen molar-refractivity contribution in [3.05, 3.63) is 70.3 Å². The Bertz CT molecular complexity index is 996. The van der Waals surface area contributed by atoms with Crippen LogP contribution in [-0.4, -0.2) is 17.0 Å². The Balaban J connectivity index is 1.88. The quantitative estimate of drug-likeness (QED) is 0.414. The van der Waals surface area contributed by atoms with Crippen molar-refractivity contribution in [2.75, 3.05) is 0 Å². The van der Waals surface area contributed by atoms with Crippen molar-refractivity contribution in [1.29, 1.82) is 0 Å². The average molecular weight is 392 g/mol. The minimum atomic E-state index is -1.13. The van der Waals surface area contributed by atoms with Gasteiger partial charge in [-0.1, -0.05) is 52.0 Å². The van der Waals surface area contributed by atoms with Gasteiger partial charge in [0.2, 0.25) is 0 Å². The van der Waals surface area contributed by atoms with Gasteiger partial charge in [0.15, 0.2) is 0 Å². The summed E-state index contributed by atoms with van der Waals surface area (Å²) in [6.07, 6.45) is 5.37. The predicted octanol–water partition coefficient (Wildman–Crippen LogP) is 5.66. The lowest BCUT2D eigenvalue weighted by molar-refractivity contribution is -0.128. The van der Waals surface area contributed by atoms with Gasteiger partial charge in [-0.2, -0.15) is 0 Å². The zero-order valence-corrected chi connectivity index (χ0v) is 17.7. The summed E-state index contributed by atoms with van der Waals surface area (Å²) in [5, 5.41) is 9.22. The van der Waals surface area contributed by atoms with Gasteiger partial charge in [0.1, 0.15) is 11.3 Å². The van der Waals surface area contributed by atoms with Crippen LogP contribution in [0.25, 0.3) is 6.08 Å². The number of carboxylic acid groups (broad SMARTS) is 1. The van der Waals surface area contributed by atoms with E-state index in [4.69, 9.17) is 4.74 Å². The Morgan fingerprint density at radius 1 is 1.00 bits per heavy atom. The Hall–Kier alpha value is -2.88. The number of para-hydroxylation sites is 1. The Morgan fingerprint density at radius 3 is 2.21 bits per heavy atom. The molecule has 0 aliphatic heterocycles. The highest BCUT2D eigenvalue weighted by atomic mass is 16.5. The molecule has 4 nitrogen and oxygen atoms in total. The fourth-order valence-electron chi connectivity index (χ4n) is 3.95. The van der Waals surface area contributed by atoms with Crippen molar-refractivity contribution in [3.8, 4) is 5.75 Å². The fourth-order valence-corrected chi connectivity index (χ4v) is 3.95. The molecule has 0 fully saturated rings. The van der Waals surface area contributed by atoms with Gasteiger partial charge >= 0.3 is 11.9 Å². The first-order valence-electron chi connectivity index (χ1n) is 9.89. The number of esters is 1. The number of rotatable bonds is 4. The second-order valence-electron chi connectivity index (χ2n) is 9.08. The normalized spacial score (nSPS) is 17.0. The number of carbonyl (C=O) groups is 2. The van der Waals surface area contributed by atoms with Crippen molar-refractivity contribution >= 4 is 18.0 Å². The van der Waals surface area contributed by atoms with Crippen molar-refractivity contribution in [3.63, 3.8) is 0 Å². The number of hydrogen-bond donors (Lipinski definition) is 1. The monoisotopic (exact) mass is 392 g/mol. The van der Waals surface area contributed by atoms with E-state index in [-0.39, 0.29) is 22.1 Å². The molecular weight excluding hydrogens is 364 g/mol. The van der Waals surface area contributed by atoms with Gasteiger partial charge in [-0.3, -0.25) is 0 Å². The smallest absolute Gasteiger partial charge is 0.339 e. The molecular formula is C25H28O4. The van der Waals surface area contributed by atoms with Gasteiger partial charge in [-0.15, -0.1) is 0 Å². The molecule has 2 aromatic carbocycles. The van der Waals surface area contributed by atoms with Gasteiger partial charge in [0.25, 0.3) is 0 Å². The fraction of sp³-hybridized carbons (Fsp3) is 0.360. The average Bonchev–Trinajstić information content (AvgIpc) is 2.64. The third-order valence-corrected chi connectivity index (χ3v) is 5.97. The number of aromatic carboxylic acids is 1. The van der Waals surface area contributed by atoms with Gasteiger partial charge < -0.3 is 9.84 Å². The number of fused-ring (bicyclic) bond motifs is 1. The summed E-state index contributed by atoms with van der Waals surface area (Å²) in [6.45, 7) is 11.1. The highest BCUT2D eigenvalue weighted by Crippen LogP contribution is 2.46. The van der Waals surface area contributed by atoms with Crippen LogP contribution in [0.5, 0.6) is 5.75 Å². The van der Waals surface area contributed by atoms with Gasteiger partial charge in [-0.05, 0) is 71.1 Å². The van der Waals surface area contributed by atoms with E-state index in [0.29, 0.717) is 0 Å². The second kappa shape index (κ2) is 7.51. The first kappa shape index (κ1) is 20.8. The molecule has 0 saturated carbocycles. The summed E-state index contributed by atoms with van der Waals surface area (Å²) in [4.78, 5) is 23.6. The summed E-state index contributed by atoms with van der Waals surface area (Å²) < 4.78 is 5.25. The molecule has 0 atom stereocenters. The molecule has 0 radical (unpaired) electrons. The molecule has 1 aliphatic rings. The van der Waals surface area contributed by atoms with E-state index in [1.54, 1.807) is 18.2 Å². The van der Waals surface area contributed by atoms with Crippen molar-refractivity contribution in [2.24, 2.45) is 0 Å². The maximum atomic E-state index is 12.3. The highest BCUT2D eigenvalue weighted by Gasteiger charge is 2.37. The van der Waals surface area contributed by atoms with Crippen LogP contribution in [0, 0.1) is 6.92 Å². The van der Waals surface area contributed by atoms with E-state index in [1.807, 2.05) is 6.92 Å². The molecule has 152 valence electrons. The third kappa shape index (κ3) is 4.26. The lowest BCUT2D eigenvalue weighted by atomic mass is 9.62. The van der Waals surface area contributed by atoms with Gasteiger partial charge in [-0.25, -0.2) is 9.59 Å². The first-order valence-corrected chi connectivity index (χ1v) is 9.89. The van der Waals surface area contributed by atoms with Gasteiger partial charge in [0, 0.05) is 6.08 Å². The van der Waals surface area contributed by atoms with Crippen LogP contribution in [-0.2, 0) is 15.6 Å². The Morgan fingerprint density at radius 2 is 1.59 bits per heavy atom. The Labute approximate surface area is 172 Å². The van der Waals surface area contributed by atoms with E-state index >= 15 is 0 Å². The number of aryl methyl sites for hydroxylation is 1. The van der Waals surface area contributed by atoms with E-state index in [2.05, 4.69) is 39.8 Å². The first-order chi connectivity index (χ1) is 13.5. The maximum Gasteiger partial charge on any atom is 0.339 e. The summed E-state index contributed by atoms with van der Waals surface area (Å²) in [6, 6.07) is 10.5. The van der Waals surface area contributed by atoms with Crippen LogP contribution in [0.2, 0.25) is 0 Å². The third-order valence-electron chi connectivity index (χ3n) is 5.97. The lowest BCUT2D eigenvalue weighted by Gasteiger charge is -2.42. The number of benzene rings is 2. The molecule has 2 aromatic rings. The van der Waals surface area contributed by atoms with Crippen LogP contribution in [0.15, 0.2) is 42.5 Å². The largest absolute Gasteiger partial charge is 0.478 e. The molecule has 0 spiro atoms. The molecule has 29 heavy (non-hydrogen) atoms. The topological polar surface area (TPSA) is 63.6 Å². The standard InChI is InChI=1S/C25H28O4/c1-16-14-19-20(25(4,5)13-12-24(19,2)3)15-17(16)10-11-22(26)29-21-9-7-6-8-18(21)23(27)28/h6-11,14-15H,12-13H2,1-5H3,(H,27,28)/b11-10+. The van der Waals surface area contributed by atoms with Crippen LogP contribution in [0.1, 0.15) is 73.1 Å². The second-order valence-corrected chi connectivity index (χ2v) is 9.08. The number of ether oxygens (including phenoxy) is 1. The summed E-state index contributed by atoms with van der Waals surface area (Å²) >= 11 is 0. The zero-order chi connectivity index (χ0) is 21.4. The van der Waals surface area contributed by atoms with Crippen molar-refractivity contribution in [1.82, 2.24) is 0 Å². The molecule has 0 heterocycles. The van der Waals surface area contributed by atoms with E-state index in [0.717, 1.165) is 24.0 Å². The Kier molecular flexibility index (Phi) is 5.40. The number of carbonyl (C=O) groups excluding carboxylic acids is 1. The number of hydrogen-bond acceptors (Lipinski definition) is 3. The zero-order valence-electron chi connectivity index (χ0n) is 17.7. The van der Waals surface area contributed by atoms with Gasteiger partial charge in [0.05, 0.1) is 0 Å². The number of carboxylic acids is 1. The molecule has 3 rings (SSSR count). The van der Waals surface area contributed by atoms with Crippen LogP contribution in [0.3, 0.4) is 0 Å². The van der Waals surface area contributed by atoms with E-state index < -0.39 is 11.9 Å². The molecule has 0 saturated heterocycles. The maximum absolute atomic E-state index is 12.3. The molecule has 0 bridgehead atoms. The lowest BCUT2D eigenvalue weighted by Crippen LogP contribution is -2.34. The molecule has 1 N–H and O–H groups in total. The highest BCUT2D eigenvalue weighted by molar-refractivity contribution is 5.94. The van der Waals surface area contributed by atoms with Crippen molar-refractivity contribution < 1.29 is 19.4 Å². The predicted molar refractivity (Wildman–Crippen MR) is 115 cm³/mol. The summed E-state index contributed by atoms with van der Waals surface area (Å²) in [7, 11) is 0. The molecule has 4 heteroatoms. The van der Waals surface area contributed by atoms with E-state index in [9.17, 15) is 14.7 Å². The van der Waals surface area contributed by atoms with Crippen LogP contribution >= 0.6 is 0 Å². The SMILES string of the molecule is Cc1cc2c(cc1/C=C/C(=O)Oc1ccccc1C(=O)O)C(C)(C)CCC2(C)C.